The molecule has 1 aliphatic rings. The largest absolute Gasteiger partial charge is 0.380 e. The molecule has 0 aliphatic heterocycles. The number of carbonyl (C=O) groups excluding carboxylic acids is 1. The Bertz CT molecular complexity index is 891. The van der Waals surface area contributed by atoms with E-state index in [1.807, 2.05) is 30.3 Å². The van der Waals surface area contributed by atoms with Gasteiger partial charge in [-0.1, -0.05) is 18.2 Å². The summed E-state index contributed by atoms with van der Waals surface area (Å²) in [5.41, 5.74) is 1.94. The number of anilines is 1. The fourth-order valence-corrected chi connectivity index (χ4v) is 3.07. The number of aryl methyl sites for hydroxylation is 1. The van der Waals surface area contributed by atoms with E-state index in [2.05, 4.69) is 28.9 Å². The number of nitrogens with one attached hydrogen (secondary N) is 1. The molecule has 4 heteroatoms. The number of hydrogen-bond donors (Lipinski definition) is 2. The number of aliphatic hydroxyl groups is 1. The van der Waals surface area contributed by atoms with Gasteiger partial charge in [0, 0.05) is 34.0 Å². The van der Waals surface area contributed by atoms with Crippen molar-refractivity contribution in [1.29, 1.82) is 0 Å². The van der Waals surface area contributed by atoms with Gasteiger partial charge in [-0.3, -0.25) is 4.79 Å². The minimum absolute atomic E-state index is 0.300. The minimum atomic E-state index is -1.15. The van der Waals surface area contributed by atoms with Crippen LogP contribution in [0.5, 0.6) is 0 Å². The van der Waals surface area contributed by atoms with Crippen LogP contribution in [0.3, 0.4) is 0 Å². The predicted molar refractivity (Wildman–Crippen MR) is 87.9 cm³/mol. The molecule has 4 rings (SSSR count). The summed E-state index contributed by atoms with van der Waals surface area (Å²) < 4.78 is 2.27. The Hall–Kier alpha value is -2.33. The Labute approximate surface area is 128 Å². The van der Waals surface area contributed by atoms with Crippen LogP contribution in [0.25, 0.3) is 21.8 Å². The molecular weight excluding hydrogens is 276 g/mol. The lowest BCUT2D eigenvalue weighted by atomic mass is 10.1. The lowest BCUT2D eigenvalue weighted by Gasteiger charge is -2.09. The van der Waals surface area contributed by atoms with Gasteiger partial charge < -0.3 is 15.0 Å². The van der Waals surface area contributed by atoms with Gasteiger partial charge in [-0.05, 0) is 44.0 Å². The number of benzene rings is 2. The van der Waals surface area contributed by atoms with Crippen molar-refractivity contribution in [2.24, 2.45) is 0 Å². The van der Waals surface area contributed by atoms with Gasteiger partial charge in [-0.2, -0.15) is 0 Å². The van der Waals surface area contributed by atoms with Gasteiger partial charge in [0.05, 0.1) is 0 Å². The third kappa shape index (κ3) is 1.91. The van der Waals surface area contributed by atoms with Crippen LogP contribution in [-0.4, -0.2) is 21.2 Å². The van der Waals surface area contributed by atoms with E-state index < -0.39 is 5.60 Å². The fraction of sp³-hybridized carbons (Fsp3) is 0.278. The minimum Gasteiger partial charge on any atom is -0.380 e. The highest BCUT2D eigenvalue weighted by Crippen LogP contribution is 2.37. The molecule has 1 aliphatic carbocycles. The van der Waals surface area contributed by atoms with E-state index in [0.29, 0.717) is 12.8 Å². The summed E-state index contributed by atoms with van der Waals surface area (Å²) in [6.07, 6.45) is 1.10. The van der Waals surface area contributed by atoms with Crippen LogP contribution < -0.4 is 5.32 Å². The number of amides is 1. The van der Waals surface area contributed by atoms with Crippen molar-refractivity contribution in [3.8, 4) is 0 Å². The maximum absolute atomic E-state index is 12.0. The summed E-state index contributed by atoms with van der Waals surface area (Å²) in [6, 6.07) is 14.2. The molecule has 1 amide bonds. The molecule has 22 heavy (non-hydrogen) atoms. The maximum Gasteiger partial charge on any atom is 0.256 e. The van der Waals surface area contributed by atoms with Crippen LogP contribution in [0.4, 0.5) is 5.69 Å². The van der Waals surface area contributed by atoms with E-state index in [1.54, 1.807) is 0 Å². The fourth-order valence-electron chi connectivity index (χ4n) is 3.07. The number of aromatic nitrogens is 1. The standard InChI is InChI=1S/C18H18N2O2/c1-2-20-15-6-4-3-5-13(15)14-11-12(7-8-16(14)20)19-17(21)18(22)9-10-18/h3-8,11,22H,2,9-10H2,1H3,(H,19,21). The summed E-state index contributed by atoms with van der Waals surface area (Å²) in [6.45, 7) is 3.03. The number of rotatable bonds is 3. The molecular formula is C18H18N2O2. The average Bonchev–Trinajstić information content (AvgIpc) is 3.21. The third-order valence-corrected chi connectivity index (χ3v) is 4.49. The molecule has 0 unspecified atom stereocenters. The first-order valence-electron chi connectivity index (χ1n) is 7.67. The highest BCUT2D eigenvalue weighted by atomic mass is 16.3. The molecule has 0 spiro atoms. The first kappa shape index (κ1) is 13.3. The van der Waals surface area contributed by atoms with Crippen LogP contribution in [0, 0.1) is 0 Å². The monoisotopic (exact) mass is 294 g/mol. The first-order chi connectivity index (χ1) is 10.6. The summed E-state index contributed by atoms with van der Waals surface area (Å²) >= 11 is 0. The molecule has 112 valence electrons. The summed E-state index contributed by atoms with van der Waals surface area (Å²) in [5.74, 6) is -0.300. The summed E-state index contributed by atoms with van der Waals surface area (Å²) in [7, 11) is 0. The van der Waals surface area contributed by atoms with E-state index in [-0.39, 0.29) is 5.91 Å². The summed E-state index contributed by atoms with van der Waals surface area (Å²) in [5, 5.41) is 15.0. The molecule has 1 heterocycles. The van der Waals surface area contributed by atoms with Gasteiger partial charge in [0.1, 0.15) is 5.60 Å². The summed E-state index contributed by atoms with van der Waals surface area (Å²) in [4.78, 5) is 12.0. The molecule has 2 N–H and O–H groups in total. The van der Waals surface area contributed by atoms with Crippen LogP contribution in [0.2, 0.25) is 0 Å². The number of hydrogen-bond acceptors (Lipinski definition) is 2. The topological polar surface area (TPSA) is 54.3 Å². The Balaban J connectivity index is 1.83. The molecule has 0 bridgehead atoms. The molecule has 1 saturated carbocycles. The quantitative estimate of drug-likeness (QED) is 0.779. The van der Waals surface area contributed by atoms with Gasteiger partial charge in [-0.25, -0.2) is 0 Å². The Morgan fingerprint density at radius 3 is 2.64 bits per heavy atom. The molecule has 4 nitrogen and oxygen atoms in total. The molecule has 2 aromatic carbocycles. The SMILES string of the molecule is CCn1c2ccccc2c2cc(NC(=O)C3(O)CC3)ccc21. The van der Waals surface area contributed by atoms with E-state index in [9.17, 15) is 9.90 Å². The molecule has 1 aromatic heterocycles. The van der Waals surface area contributed by atoms with E-state index in [4.69, 9.17) is 0 Å². The number of fused-ring (bicyclic) bond motifs is 3. The van der Waals surface area contributed by atoms with Crippen molar-refractivity contribution in [3.05, 3.63) is 42.5 Å². The highest BCUT2D eigenvalue weighted by molar-refractivity contribution is 6.10. The van der Waals surface area contributed by atoms with Gasteiger partial charge in [0.2, 0.25) is 0 Å². The number of para-hydroxylation sites is 1. The molecule has 1 fully saturated rings. The number of carbonyl (C=O) groups is 1. The van der Waals surface area contributed by atoms with Gasteiger partial charge >= 0.3 is 0 Å². The predicted octanol–water partition coefficient (Wildman–Crippen LogP) is 3.28. The first-order valence-corrected chi connectivity index (χ1v) is 7.67. The second-order valence-electron chi connectivity index (χ2n) is 5.98. The third-order valence-electron chi connectivity index (χ3n) is 4.49. The molecule has 0 saturated heterocycles. The van der Waals surface area contributed by atoms with Crippen molar-refractivity contribution in [2.45, 2.75) is 31.9 Å². The Morgan fingerprint density at radius 2 is 1.91 bits per heavy atom. The zero-order valence-corrected chi connectivity index (χ0v) is 12.5. The van der Waals surface area contributed by atoms with Gasteiger partial charge in [-0.15, -0.1) is 0 Å². The van der Waals surface area contributed by atoms with Crippen LogP contribution >= 0.6 is 0 Å². The molecule has 3 aromatic rings. The van der Waals surface area contributed by atoms with Crippen LogP contribution in [0.15, 0.2) is 42.5 Å². The van der Waals surface area contributed by atoms with Gasteiger partial charge in [0.15, 0.2) is 0 Å². The smallest absolute Gasteiger partial charge is 0.256 e. The number of nitrogens with zero attached hydrogens (tertiary/aromatic N) is 1. The zero-order chi connectivity index (χ0) is 15.3. The zero-order valence-electron chi connectivity index (χ0n) is 12.5. The van der Waals surface area contributed by atoms with Crippen molar-refractivity contribution in [3.63, 3.8) is 0 Å². The van der Waals surface area contributed by atoms with Crippen LogP contribution in [-0.2, 0) is 11.3 Å². The Kier molecular flexibility index (Phi) is 2.78. The molecule has 0 radical (unpaired) electrons. The van der Waals surface area contributed by atoms with E-state index in [0.717, 1.165) is 23.1 Å². The van der Waals surface area contributed by atoms with Crippen molar-refractivity contribution >= 4 is 33.4 Å². The van der Waals surface area contributed by atoms with Crippen molar-refractivity contribution in [2.75, 3.05) is 5.32 Å². The average molecular weight is 294 g/mol. The van der Waals surface area contributed by atoms with Crippen molar-refractivity contribution < 1.29 is 9.90 Å². The Morgan fingerprint density at radius 1 is 1.18 bits per heavy atom. The van der Waals surface area contributed by atoms with Crippen LogP contribution in [0.1, 0.15) is 19.8 Å². The maximum atomic E-state index is 12.0. The normalized spacial score (nSPS) is 16.1. The highest BCUT2D eigenvalue weighted by Gasteiger charge is 2.48. The second-order valence-corrected chi connectivity index (χ2v) is 5.98. The lowest BCUT2D eigenvalue weighted by Crippen LogP contribution is -2.29. The van der Waals surface area contributed by atoms with Gasteiger partial charge in [0.25, 0.3) is 5.91 Å². The van der Waals surface area contributed by atoms with E-state index in [1.165, 1.54) is 10.9 Å². The second kappa shape index (κ2) is 4.58. The van der Waals surface area contributed by atoms with E-state index >= 15 is 0 Å². The lowest BCUT2D eigenvalue weighted by molar-refractivity contribution is -0.125. The van der Waals surface area contributed by atoms with Crippen molar-refractivity contribution in [1.82, 2.24) is 4.57 Å². The molecule has 0 atom stereocenters.